The van der Waals surface area contributed by atoms with Crippen LogP contribution in [0.4, 0.5) is 5.69 Å². The number of nitrogens with one attached hydrogen (secondary N) is 1. The molecule has 1 aromatic carbocycles. The van der Waals surface area contributed by atoms with Crippen LogP contribution in [0.15, 0.2) is 23.1 Å². The first-order valence-electron chi connectivity index (χ1n) is 8.40. The summed E-state index contributed by atoms with van der Waals surface area (Å²) in [5, 5.41) is 2.76. The first-order chi connectivity index (χ1) is 11.8. The van der Waals surface area contributed by atoms with Gasteiger partial charge in [0.05, 0.1) is 20.3 Å². The minimum Gasteiger partial charge on any atom is -0.495 e. The first kappa shape index (κ1) is 19.7. The molecule has 1 heterocycles. The van der Waals surface area contributed by atoms with Crippen molar-refractivity contribution in [3.05, 3.63) is 18.2 Å². The monoisotopic (exact) mass is 370 g/mol. The molecule has 1 N–H and O–H groups in total. The topological polar surface area (TPSA) is 84.9 Å². The molecule has 25 heavy (non-hydrogen) atoms. The summed E-state index contributed by atoms with van der Waals surface area (Å²) in [6.07, 6.45) is 1.18. The fourth-order valence-corrected chi connectivity index (χ4v) is 4.11. The van der Waals surface area contributed by atoms with Crippen molar-refractivity contribution in [3.63, 3.8) is 0 Å². The summed E-state index contributed by atoms with van der Waals surface area (Å²) in [5.74, 6) is 0.555. The summed E-state index contributed by atoms with van der Waals surface area (Å²) in [4.78, 5) is 12.1. The molecule has 0 atom stereocenters. The average molecular weight is 370 g/mol. The van der Waals surface area contributed by atoms with E-state index in [2.05, 4.69) is 5.32 Å². The van der Waals surface area contributed by atoms with Gasteiger partial charge < -0.3 is 14.8 Å². The maximum absolute atomic E-state index is 12.9. The van der Waals surface area contributed by atoms with Crippen molar-refractivity contribution in [1.82, 2.24) is 4.31 Å². The molecular formula is C17H26N2O5S. The van der Waals surface area contributed by atoms with E-state index in [9.17, 15) is 13.2 Å². The van der Waals surface area contributed by atoms with E-state index >= 15 is 0 Å². The number of rotatable bonds is 7. The van der Waals surface area contributed by atoms with E-state index in [-0.39, 0.29) is 16.6 Å². The first-order valence-corrected chi connectivity index (χ1v) is 9.84. The third-order valence-electron chi connectivity index (χ3n) is 3.98. The van der Waals surface area contributed by atoms with Crippen LogP contribution < -0.4 is 10.1 Å². The van der Waals surface area contributed by atoms with Crippen LogP contribution in [0.1, 0.15) is 26.7 Å². The van der Waals surface area contributed by atoms with Crippen molar-refractivity contribution < 1.29 is 22.7 Å². The molecule has 1 aromatic rings. The quantitative estimate of drug-likeness (QED) is 0.794. The van der Waals surface area contributed by atoms with Gasteiger partial charge in [-0.05, 0) is 30.5 Å². The second-order valence-electron chi connectivity index (χ2n) is 6.36. The molecule has 2 rings (SSSR count). The lowest BCUT2D eigenvalue weighted by atomic mass is 10.1. The minimum atomic E-state index is -3.71. The van der Waals surface area contributed by atoms with Crippen LogP contribution in [0.2, 0.25) is 0 Å². The van der Waals surface area contributed by atoms with Gasteiger partial charge in [-0.1, -0.05) is 13.8 Å². The molecule has 1 fully saturated rings. The highest BCUT2D eigenvalue weighted by molar-refractivity contribution is 7.89. The highest BCUT2D eigenvalue weighted by atomic mass is 32.2. The molecule has 0 spiro atoms. The number of nitrogens with zero attached hydrogens (tertiary/aromatic N) is 1. The van der Waals surface area contributed by atoms with Gasteiger partial charge in [0.1, 0.15) is 10.6 Å². The lowest BCUT2D eigenvalue weighted by Gasteiger charge is -2.26. The molecule has 1 saturated heterocycles. The Morgan fingerprint density at radius 1 is 1.32 bits per heavy atom. The molecule has 140 valence electrons. The van der Waals surface area contributed by atoms with Gasteiger partial charge in [0.25, 0.3) is 0 Å². The Morgan fingerprint density at radius 3 is 2.60 bits per heavy atom. The predicted octanol–water partition coefficient (Wildman–Crippen LogP) is 2.09. The normalized spacial score (nSPS) is 16.0. The van der Waals surface area contributed by atoms with E-state index in [1.54, 1.807) is 12.1 Å². The van der Waals surface area contributed by atoms with E-state index in [4.69, 9.17) is 9.47 Å². The zero-order valence-electron chi connectivity index (χ0n) is 14.9. The van der Waals surface area contributed by atoms with Crippen LogP contribution in [0.5, 0.6) is 5.75 Å². The number of amides is 1. The van der Waals surface area contributed by atoms with Gasteiger partial charge in [0.2, 0.25) is 15.9 Å². The number of benzene rings is 1. The fourth-order valence-electron chi connectivity index (χ4n) is 2.53. The summed E-state index contributed by atoms with van der Waals surface area (Å²) in [7, 11) is -2.29. The molecule has 0 bridgehead atoms. The number of sulfonamides is 1. The van der Waals surface area contributed by atoms with Gasteiger partial charge in [0, 0.05) is 25.2 Å². The third-order valence-corrected chi connectivity index (χ3v) is 5.90. The van der Waals surface area contributed by atoms with Gasteiger partial charge in [-0.3, -0.25) is 4.79 Å². The number of ether oxygens (including phenoxy) is 2. The lowest BCUT2D eigenvalue weighted by Crippen LogP contribution is -2.40. The molecule has 1 aliphatic heterocycles. The molecule has 0 unspecified atom stereocenters. The van der Waals surface area contributed by atoms with Crippen molar-refractivity contribution >= 4 is 21.6 Å². The van der Waals surface area contributed by atoms with E-state index < -0.39 is 10.0 Å². The van der Waals surface area contributed by atoms with Crippen molar-refractivity contribution in [3.8, 4) is 5.75 Å². The molecule has 1 amide bonds. The number of carbonyl (C=O) groups is 1. The predicted molar refractivity (Wildman–Crippen MR) is 95.3 cm³/mol. The molecule has 0 saturated carbocycles. The van der Waals surface area contributed by atoms with Gasteiger partial charge in [-0.15, -0.1) is 0 Å². The zero-order chi connectivity index (χ0) is 18.4. The Morgan fingerprint density at radius 2 is 2.00 bits per heavy atom. The van der Waals surface area contributed by atoms with Crippen LogP contribution in [0, 0.1) is 5.92 Å². The van der Waals surface area contributed by atoms with Gasteiger partial charge >= 0.3 is 0 Å². The minimum absolute atomic E-state index is 0.0542. The summed E-state index contributed by atoms with van der Waals surface area (Å²) >= 11 is 0. The summed E-state index contributed by atoms with van der Waals surface area (Å²) in [6, 6.07) is 4.66. The highest BCUT2D eigenvalue weighted by Crippen LogP contribution is 2.30. The Labute approximate surface area is 149 Å². The molecule has 0 aromatic heterocycles. The summed E-state index contributed by atoms with van der Waals surface area (Å²) < 4.78 is 37.6. The van der Waals surface area contributed by atoms with Gasteiger partial charge in [-0.2, -0.15) is 4.31 Å². The number of hydrogen-bond acceptors (Lipinski definition) is 5. The third kappa shape index (κ3) is 5.17. The van der Waals surface area contributed by atoms with Crippen molar-refractivity contribution in [1.29, 1.82) is 0 Å². The number of carbonyl (C=O) groups excluding carboxylic acids is 1. The molecule has 1 aliphatic rings. The number of anilines is 1. The van der Waals surface area contributed by atoms with E-state index in [0.717, 1.165) is 6.42 Å². The summed E-state index contributed by atoms with van der Waals surface area (Å²) in [5.41, 5.74) is 0.446. The molecule has 0 aliphatic carbocycles. The Bertz CT molecular complexity index is 697. The van der Waals surface area contributed by atoms with Crippen LogP contribution >= 0.6 is 0 Å². The van der Waals surface area contributed by atoms with E-state index in [0.29, 0.717) is 44.3 Å². The lowest BCUT2D eigenvalue weighted by molar-refractivity contribution is -0.116. The largest absolute Gasteiger partial charge is 0.495 e. The van der Waals surface area contributed by atoms with Crippen LogP contribution in [-0.4, -0.2) is 52.0 Å². The number of hydrogen-bond donors (Lipinski definition) is 1. The second kappa shape index (κ2) is 8.64. The molecule has 8 heteroatoms. The van der Waals surface area contributed by atoms with E-state index in [1.807, 2.05) is 13.8 Å². The average Bonchev–Trinajstić information content (AvgIpc) is 2.60. The van der Waals surface area contributed by atoms with Gasteiger partial charge in [-0.25, -0.2) is 8.42 Å². The van der Waals surface area contributed by atoms with Crippen LogP contribution in [0.25, 0.3) is 0 Å². The van der Waals surface area contributed by atoms with Crippen molar-refractivity contribution in [2.75, 3.05) is 38.7 Å². The Kier molecular flexibility index (Phi) is 6.80. The molecule has 7 nitrogen and oxygen atoms in total. The maximum Gasteiger partial charge on any atom is 0.246 e. The number of morpholine rings is 1. The Balaban J connectivity index is 2.23. The standard InChI is InChI=1S/C17H26N2O5S/c1-13(2)4-7-17(20)18-14-5-6-15(23-3)16(12-14)25(21,22)19-8-10-24-11-9-19/h5-6,12-13H,4,7-11H2,1-3H3,(H,18,20). The maximum atomic E-state index is 12.9. The number of methoxy groups -OCH3 is 1. The van der Waals surface area contributed by atoms with Gasteiger partial charge in [0.15, 0.2) is 0 Å². The second-order valence-corrected chi connectivity index (χ2v) is 8.27. The summed E-state index contributed by atoms with van der Waals surface area (Å²) in [6.45, 7) is 5.44. The van der Waals surface area contributed by atoms with Crippen molar-refractivity contribution in [2.24, 2.45) is 5.92 Å². The zero-order valence-corrected chi connectivity index (χ0v) is 15.8. The SMILES string of the molecule is COc1ccc(NC(=O)CCC(C)C)cc1S(=O)(=O)N1CCOCC1. The van der Waals surface area contributed by atoms with Crippen LogP contribution in [-0.2, 0) is 19.6 Å². The van der Waals surface area contributed by atoms with Crippen molar-refractivity contribution in [2.45, 2.75) is 31.6 Å². The van der Waals surface area contributed by atoms with E-state index in [1.165, 1.54) is 17.5 Å². The van der Waals surface area contributed by atoms with Crippen LogP contribution in [0.3, 0.4) is 0 Å². The Hall–Kier alpha value is -1.64. The highest BCUT2D eigenvalue weighted by Gasteiger charge is 2.29. The molecular weight excluding hydrogens is 344 g/mol. The smallest absolute Gasteiger partial charge is 0.246 e. The molecule has 0 radical (unpaired) electrons. The fraction of sp³-hybridized carbons (Fsp3) is 0.588.